The molecule has 0 bridgehead atoms. The first kappa shape index (κ1) is 15.2. The second-order valence-electron chi connectivity index (χ2n) is 3.97. The zero-order valence-electron chi connectivity index (χ0n) is 10.5. The molecule has 0 spiro atoms. The number of esters is 1. The standard InChI is InChI=1S/C14H10BrClO3S/c1-19-13(17)7-9-3-5-12(20-9)14(18)10-4-2-8(15)6-11(10)16/h2-6H,7H2,1H3. The summed E-state index contributed by atoms with van der Waals surface area (Å²) in [5.74, 6) is -0.476. The van der Waals surface area contributed by atoms with Crippen LogP contribution >= 0.6 is 38.9 Å². The third kappa shape index (κ3) is 3.48. The van der Waals surface area contributed by atoms with Gasteiger partial charge in [0.25, 0.3) is 0 Å². The Kier molecular flexibility index (Phi) is 4.96. The number of thiophene rings is 1. The van der Waals surface area contributed by atoms with Crippen LogP contribution in [0.2, 0.25) is 5.02 Å². The van der Waals surface area contributed by atoms with Crippen molar-refractivity contribution in [3.05, 3.63) is 55.1 Å². The topological polar surface area (TPSA) is 43.4 Å². The number of rotatable bonds is 4. The van der Waals surface area contributed by atoms with Crippen molar-refractivity contribution in [3.63, 3.8) is 0 Å². The molecule has 0 N–H and O–H groups in total. The molecule has 2 rings (SSSR count). The zero-order chi connectivity index (χ0) is 14.7. The molecule has 0 saturated heterocycles. The van der Waals surface area contributed by atoms with Crippen molar-refractivity contribution in [2.45, 2.75) is 6.42 Å². The molecule has 1 aromatic carbocycles. The van der Waals surface area contributed by atoms with Gasteiger partial charge in [-0.1, -0.05) is 27.5 Å². The van der Waals surface area contributed by atoms with Gasteiger partial charge in [0.15, 0.2) is 0 Å². The third-order valence-electron chi connectivity index (χ3n) is 2.61. The fourth-order valence-electron chi connectivity index (χ4n) is 1.62. The molecule has 1 heterocycles. The number of ether oxygens (including phenoxy) is 1. The molecule has 3 nitrogen and oxygen atoms in total. The first-order valence-electron chi connectivity index (χ1n) is 5.66. The summed E-state index contributed by atoms with van der Waals surface area (Å²) in [5, 5.41) is 0.396. The van der Waals surface area contributed by atoms with Crippen molar-refractivity contribution in [2.24, 2.45) is 0 Å². The van der Waals surface area contributed by atoms with Gasteiger partial charge in [-0.2, -0.15) is 0 Å². The molecular formula is C14H10BrClO3S. The number of halogens is 2. The maximum absolute atomic E-state index is 12.3. The van der Waals surface area contributed by atoms with E-state index in [9.17, 15) is 9.59 Å². The lowest BCUT2D eigenvalue weighted by Gasteiger charge is -2.02. The molecule has 1 aromatic heterocycles. The largest absolute Gasteiger partial charge is 0.469 e. The lowest BCUT2D eigenvalue weighted by molar-refractivity contribution is -0.139. The lowest BCUT2D eigenvalue weighted by Crippen LogP contribution is -2.02. The first-order valence-corrected chi connectivity index (χ1v) is 7.65. The van der Waals surface area contributed by atoms with E-state index in [1.807, 2.05) is 0 Å². The van der Waals surface area contributed by atoms with Gasteiger partial charge in [-0.25, -0.2) is 0 Å². The Morgan fingerprint density at radius 2 is 2.05 bits per heavy atom. The van der Waals surface area contributed by atoms with Gasteiger partial charge >= 0.3 is 5.97 Å². The molecule has 20 heavy (non-hydrogen) atoms. The fourth-order valence-corrected chi connectivity index (χ4v) is 3.32. The van der Waals surface area contributed by atoms with Gasteiger partial charge in [0.1, 0.15) is 0 Å². The molecule has 0 saturated carbocycles. The van der Waals surface area contributed by atoms with E-state index in [0.717, 1.165) is 9.35 Å². The smallest absolute Gasteiger partial charge is 0.310 e. The van der Waals surface area contributed by atoms with Gasteiger partial charge < -0.3 is 4.74 Å². The Labute approximate surface area is 133 Å². The van der Waals surface area contributed by atoms with E-state index in [0.29, 0.717) is 15.5 Å². The highest BCUT2D eigenvalue weighted by Crippen LogP contribution is 2.26. The normalized spacial score (nSPS) is 10.3. The number of hydrogen-bond donors (Lipinski definition) is 0. The van der Waals surface area contributed by atoms with E-state index in [4.69, 9.17) is 11.6 Å². The van der Waals surface area contributed by atoms with Crippen molar-refractivity contribution in [2.75, 3.05) is 7.11 Å². The van der Waals surface area contributed by atoms with Crippen LogP contribution in [0.1, 0.15) is 20.1 Å². The van der Waals surface area contributed by atoms with Crippen LogP contribution in [0.3, 0.4) is 0 Å². The molecule has 0 aliphatic heterocycles. The average molecular weight is 374 g/mol. The first-order chi connectivity index (χ1) is 9.51. The molecule has 2 aromatic rings. The number of carbonyl (C=O) groups excluding carboxylic acids is 2. The summed E-state index contributed by atoms with van der Waals surface area (Å²) in [6, 6.07) is 8.57. The molecule has 104 valence electrons. The van der Waals surface area contributed by atoms with Crippen LogP contribution in [-0.2, 0) is 16.0 Å². The van der Waals surface area contributed by atoms with Gasteiger partial charge in [-0.15, -0.1) is 11.3 Å². The summed E-state index contributed by atoms with van der Waals surface area (Å²) in [5.41, 5.74) is 0.446. The van der Waals surface area contributed by atoms with Crippen LogP contribution in [0, 0.1) is 0 Å². The van der Waals surface area contributed by atoms with Gasteiger partial charge in [0.2, 0.25) is 5.78 Å². The lowest BCUT2D eigenvalue weighted by atomic mass is 10.1. The summed E-state index contributed by atoms with van der Waals surface area (Å²) in [6.45, 7) is 0. The maximum atomic E-state index is 12.3. The molecule has 0 unspecified atom stereocenters. The molecule has 0 fully saturated rings. The summed E-state index contributed by atoms with van der Waals surface area (Å²) in [7, 11) is 1.34. The summed E-state index contributed by atoms with van der Waals surface area (Å²) >= 11 is 10.6. The van der Waals surface area contributed by atoms with Crippen LogP contribution in [-0.4, -0.2) is 18.9 Å². The Hall–Kier alpha value is -1.17. The van der Waals surface area contributed by atoms with Gasteiger partial charge in [-0.3, -0.25) is 9.59 Å². The van der Waals surface area contributed by atoms with Crippen molar-refractivity contribution in [1.29, 1.82) is 0 Å². The second-order valence-corrected chi connectivity index (χ2v) is 6.46. The summed E-state index contributed by atoms with van der Waals surface area (Å²) in [6.07, 6.45) is 0.169. The Morgan fingerprint density at radius 3 is 2.70 bits per heavy atom. The van der Waals surface area contributed by atoms with Crippen LogP contribution in [0.4, 0.5) is 0 Å². The highest BCUT2D eigenvalue weighted by Gasteiger charge is 2.16. The number of hydrogen-bond acceptors (Lipinski definition) is 4. The molecule has 0 amide bonds. The highest BCUT2D eigenvalue weighted by molar-refractivity contribution is 9.10. The predicted octanol–water partition coefficient (Wildman–Crippen LogP) is 4.11. The van der Waals surface area contributed by atoms with Crippen LogP contribution < -0.4 is 0 Å². The number of methoxy groups -OCH3 is 1. The fraction of sp³-hybridized carbons (Fsp3) is 0.143. The molecule has 6 heteroatoms. The number of carbonyl (C=O) groups is 2. The highest BCUT2D eigenvalue weighted by atomic mass is 79.9. The van der Waals surface area contributed by atoms with E-state index < -0.39 is 0 Å². The van der Waals surface area contributed by atoms with Crippen molar-refractivity contribution >= 4 is 50.6 Å². The molecule has 0 aliphatic rings. The molecule has 0 radical (unpaired) electrons. The van der Waals surface area contributed by atoms with E-state index in [1.54, 1.807) is 30.3 Å². The van der Waals surface area contributed by atoms with Crippen LogP contribution in [0.25, 0.3) is 0 Å². The van der Waals surface area contributed by atoms with E-state index in [1.165, 1.54) is 18.4 Å². The van der Waals surface area contributed by atoms with E-state index in [-0.39, 0.29) is 18.2 Å². The predicted molar refractivity (Wildman–Crippen MR) is 82.6 cm³/mol. The molecule has 0 aliphatic carbocycles. The molecular weight excluding hydrogens is 364 g/mol. The third-order valence-corrected chi connectivity index (χ3v) is 4.50. The Morgan fingerprint density at radius 1 is 1.30 bits per heavy atom. The number of ketones is 1. The van der Waals surface area contributed by atoms with Crippen LogP contribution in [0.15, 0.2) is 34.8 Å². The second kappa shape index (κ2) is 6.52. The van der Waals surface area contributed by atoms with E-state index in [2.05, 4.69) is 20.7 Å². The number of benzene rings is 1. The van der Waals surface area contributed by atoms with Gasteiger partial charge in [0.05, 0.1) is 23.4 Å². The minimum absolute atomic E-state index is 0.149. The molecule has 0 atom stereocenters. The van der Waals surface area contributed by atoms with E-state index >= 15 is 0 Å². The minimum Gasteiger partial charge on any atom is -0.469 e. The van der Waals surface area contributed by atoms with Gasteiger partial charge in [0, 0.05) is 14.9 Å². The SMILES string of the molecule is COC(=O)Cc1ccc(C(=O)c2ccc(Br)cc2Cl)s1. The summed E-state index contributed by atoms with van der Waals surface area (Å²) in [4.78, 5) is 24.9. The zero-order valence-corrected chi connectivity index (χ0v) is 13.6. The Balaban J connectivity index is 2.23. The van der Waals surface area contributed by atoms with Crippen molar-refractivity contribution in [3.8, 4) is 0 Å². The monoisotopic (exact) mass is 372 g/mol. The van der Waals surface area contributed by atoms with Crippen LogP contribution in [0.5, 0.6) is 0 Å². The minimum atomic E-state index is -0.326. The quantitative estimate of drug-likeness (QED) is 0.598. The average Bonchev–Trinajstić information content (AvgIpc) is 2.86. The summed E-state index contributed by atoms with van der Waals surface area (Å²) < 4.78 is 5.41. The Bertz CT molecular complexity index is 666. The van der Waals surface area contributed by atoms with Crippen molar-refractivity contribution in [1.82, 2.24) is 0 Å². The van der Waals surface area contributed by atoms with Gasteiger partial charge in [-0.05, 0) is 30.3 Å². The van der Waals surface area contributed by atoms with Crippen molar-refractivity contribution < 1.29 is 14.3 Å². The maximum Gasteiger partial charge on any atom is 0.310 e.